The zero-order valence-corrected chi connectivity index (χ0v) is 15.1. The lowest BCUT2D eigenvalue weighted by Crippen LogP contribution is -2.49. The van der Waals surface area contributed by atoms with Crippen LogP contribution in [-0.4, -0.2) is 48.5 Å². The van der Waals surface area contributed by atoms with Crippen molar-refractivity contribution in [3.05, 3.63) is 53.2 Å². The molecule has 1 fully saturated rings. The van der Waals surface area contributed by atoms with Crippen molar-refractivity contribution in [2.45, 2.75) is 6.18 Å². The maximum absolute atomic E-state index is 12.8. The number of carbonyl (C=O) groups excluding carboxylic acids is 1. The number of aromatic nitrogens is 1. The zero-order valence-electron chi connectivity index (χ0n) is 14.3. The minimum atomic E-state index is -4.39. The molecule has 1 N–H and O–H groups in total. The Morgan fingerprint density at radius 3 is 2.41 bits per heavy atom. The van der Waals surface area contributed by atoms with Crippen molar-refractivity contribution < 1.29 is 18.0 Å². The first-order valence-corrected chi connectivity index (χ1v) is 8.75. The lowest BCUT2D eigenvalue weighted by Gasteiger charge is -2.35. The summed E-state index contributed by atoms with van der Waals surface area (Å²) >= 11 is 5.81. The molecule has 1 aliphatic heterocycles. The second-order valence-corrected chi connectivity index (χ2v) is 6.66. The van der Waals surface area contributed by atoms with Crippen molar-refractivity contribution in [3.8, 4) is 0 Å². The summed E-state index contributed by atoms with van der Waals surface area (Å²) in [7, 11) is 0. The third-order valence-corrected chi connectivity index (χ3v) is 4.52. The first kappa shape index (κ1) is 19.4. The number of hydrogen-bond acceptors (Lipinski definition) is 4. The zero-order chi connectivity index (χ0) is 19.4. The van der Waals surface area contributed by atoms with Gasteiger partial charge in [-0.15, -0.1) is 0 Å². The van der Waals surface area contributed by atoms with E-state index in [9.17, 15) is 18.0 Å². The second kappa shape index (κ2) is 8.14. The molecule has 1 aliphatic rings. The van der Waals surface area contributed by atoms with Gasteiger partial charge in [0.05, 0.1) is 12.1 Å². The quantitative estimate of drug-likeness (QED) is 0.856. The molecular weight excluding hydrogens is 381 g/mol. The Kier molecular flexibility index (Phi) is 5.86. The predicted octanol–water partition coefficient (Wildman–Crippen LogP) is 3.51. The highest BCUT2D eigenvalue weighted by molar-refractivity contribution is 6.30. The number of pyridine rings is 1. The molecule has 0 radical (unpaired) electrons. The Labute approximate surface area is 159 Å². The van der Waals surface area contributed by atoms with Crippen LogP contribution in [0.5, 0.6) is 0 Å². The lowest BCUT2D eigenvalue weighted by molar-refractivity contribution is -0.137. The van der Waals surface area contributed by atoms with Crippen LogP contribution in [0.2, 0.25) is 5.02 Å². The molecule has 0 spiro atoms. The van der Waals surface area contributed by atoms with E-state index in [1.54, 1.807) is 29.2 Å². The number of nitrogens with one attached hydrogen (secondary N) is 1. The summed E-state index contributed by atoms with van der Waals surface area (Å²) in [6, 6.07) is 8.84. The molecule has 1 aromatic carbocycles. The highest BCUT2D eigenvalue weighted by atomic mass is 35.5. The van der Waals surface area contributed by atoms with Crippen LogP contribution in [0.25, 0.3) is 0 Å². The molecule has 1 saturated heterocycles. The predicted molar refractivity (Wildman–Crippen MR) is 98.0 cm³/mol. The van der Waals surface area contributed by atoms with Gasteiger partial charge in [-0.05, 0) is 36.4 Å². The van der Waals surface area contributed by atoms with Crippen molar-refractivity contribution in [2.75, 3.05) is 42.9 Å². The Morgan fingerprint density at radius 2 is 1.78 bits per heavy atom. The molecule has 2 heterocycles. The number of amides is 1. The Bertz CT molecular complexity index is 790. The summed E-state index contributed by atoms with van der Waals surface area (Å²) in [4.78, 5) is 19.9. The maximum Gasteiger partial charge on any atom is 0.416 e. The third-order valence-electron chi connectivity index (χ3n) is 4.26. The Morgan fingerprint density at radius 1 is 1.11 bits per heavy atom. The van der Waals surface area contributed by atoms with Crippen LogP contribution in [0.15, 0.2) is 42.6 Å². The van der Waals surface area contributed by atoms with Gasteiger partial charge in [-0.3, -0.25) is 9.69 Å². The first-order valence-electron chi connectivity index (χ1n) is 8.37. The van der Waals surface area contributed by atoms with E-state index in [4.69, 9.17) is 11.6 Å². The monoisotopic (exact) mass is 398 g/mol. The van der Waals surface area contributed by atoms with Gasteiger partial charge in [-0.2, -0.15) is 13.2 Å². The molecule has 27 heavy (non-hydrogen) atoms. The van der Waals surface area contributed by atoms with E-state index in [1.165, 1.54) is 6.20 Å². The van der Waals surface area contributed by atoms with Crippen LogP contribution in [0.3, 0.4) is 0 Å². The fraction of sp³-hybridized carbons (Fsp3) is 0.333. The van der Waals surface area contributed by atoms with Crippen LogP contribution in [-0.2, 0) is 11.0 Å². The highest BCUT2D eigenvalue weighted by Gasteiger charge is 2.31. The van der Waals surface area contributed by atoms with Crippen molar-refractivity contribution in [1.82, 2.24) is 9.88 Å². The molecule has 3 rings (SSSR count). The van der Waals surface area contributed by atoms with Gasteiger partial charge in [0.25, 0.3) is 0 Å². The summed E-state index contributed by atoms with van der Waals surface area (Å²) in [6.07, 6.45) is -3.22. The standard InChI is InChI=1S/C18H18ClF3N4O/c19-14-1-3-15(4-2-14)24-17(27)12-25-7-9-26(10-8-25)16-11-13(5-6-23-16)18(20,21)22/h1-6,11H,7-10,12H2,(H,24,27). The number of carbonyl (C=O) groups is 1. The van der Waals surface area contributed by atoms with Crippen LogP contribution in [0.1, 0.15) is 5.56 Å². The summed E-state index contributed by atoms with van der Waals surface area (Å²) in [5.41, 5.74) is -0.0477. The number of anilines is 2. The molecule has 0 aliphatic carbocycles. The number of halogens is 4. The van der Waals surface area contributed by atoms with E-state index in [2.05, 4.69) is 10.3 Å². The first-order chi connectivity index (χ1) is 12.8. The van der Waals surface area contributed by atoms with Gasteiger partial charge in [0.15, 0.2) is 0 Å². The number of piperazine rings is 1. The minimum Gasteiger partial charge on any atom is -0.354 e. The van der Waals surface area contributed by atoms with Crippen molar-refractivity contribution in [1.29, 1.82) is 0 Å². The summed E-state index contributed by atoms with van der Waals surface area (Å²) in [6.45, 7) is 2.34. The number of benzene rings is 1. The fourth-order valence-electron chi connectivity index (χ4n) is 2.84. The molecule has 1 aromatic heterocycles. The Hall–Kier alpha value is -2.32. The summed E-state index contributed by atoms with van der Waals surface area (Å²) < 4.78 is 38.5. The summed E-state index contributed by atoms with van der Waals surface area (Å²) in [5, 5.41) is 3.38. The topological polar surface area (TPSA) is 48.5 Å². The molecular formula is C18H18ClF3N4O. The molecule has 0 unspecified atom stereocenters. The van der Waals surface area contributed by atoms with Crippen molar-refractivity contribution in [2.24, 2.45) is 0 Å². The van der Waals surface area contributed by atoms with E-state index in [0.717, 1.165) is 12.1 Å². The van der Waals surface area contributed by atoms with E-state index in [1.807, 2.05) is 4.90 Å². The molecule has 0 atom stereocenters. The summed E-state index contributed by atoms with van der Waals surface area (Å²) in [5.74, 6) is 0.151. The van der Waals surface area contributed by atoms with Crippen molar-refractivity contribution >= 4 is 29.0 Å². The molecule has 0 bridgehead atoms. The minimum absolute atomic E-state index is 0.150. The van der Waals surface area contributed by atoms with E-state index in [-0.39, 0.29) is 12.5 Å². The number of rotatable bonds is 4. The Balaban J connectivity index is 1.51. The SMILES string of the molecule is O=C(CN1CCN(c2cc(C(F)(F)F)ccn2)CC1)Nc1ccc(Cl)cc1. The van der Waals surface area contributed by atoms with Gasteiger partial charge in [-0.1, -0.05) is 11.6 Å². The van der Waals surface area contributed by atoms with E-state index >= 15 is 0 Å². The molecule has 5 nitrogen and oxygen atoms in total. The molecule has 2 aromatic rings. The molecule has 1 amide bonds. The fourth-order valence-corrected chi connectivity index (χ4v) is 2.97. The number of hydrogen-bond donors (Lipinski definition) is 1. The maximum atomic E-state index is 12.8. The molecule has 144 valence electrons. The van der Waals surface area contributed by atoms with Gasteiger partial charge in [0.1, 0.15) is 5.82 Å². The average molecular weight is 399 g/mol. The lowest BCUT2D eigenvalue weighted by atomic mass is 10.2. The largest absolute Gasteiger partial charge is 0.416 e. The normalized spacial score (nSPS) is 15.6. The van der Waals surface area contributed by atoms with Gasteiger partial charge >= 0.3 is 6.18 Å². The highest BCUT2D eigenvalue weighted by Crippen LogP contribution is 2.30. The smallest absolute Gasteiger partial charge is 0.354 e. The van der Waals surface area contributed by atoms with Gasteiger partial charge < -0.3 is 10.2 Å². The van der Waals surface area contributed by atoms with Crippen LogP contribution in [0, 0.1) is 0 Å². The van der Waals surface area contributed by atoms with Crippen LogP contribution in [0.4, 0.5) is 24.7 Å². The number of nitrogens with zero attached hydrogens (tertiary/aromatic N) is 3. The van der Waals surface area contributed by atoms with E-state index in [0.29, 0.717) is 42.7 Å². The second-order valence-electron chi connectivity index (χ2n) is 6.22. The van der Waals surface area contributed by atoms with Gasteiger partial charge in [0.2, 0.25) is 5.91 Å². The third kappa shape index (κ3) is 5.33. The number of alkyl halides is 3. The van der Waals surface area contributed by atoms with Crippen LogP contribution < -0.4 is 10.2 Å². The van der Waals surface area contributed by atoms with Crippen LogP contribution >= 0.6 is 11.6 Å². The van der Waals surface area contributed by atoms with Crippen molar-refractivity contribution in [3.63, 3.8) is 0 Å². The van der Waals surface area contributed by atoms with E-state index < -0.39 is 11.7 Å². The van der Waals surface area contributed by atoms with Gasteiger partial charge in [-0.25, -0.2) is 4.98 Å². The average Bonchev–Trinajstić information content (AvgIpc) is 2.64. The molecule has 0 saturated carbocycles. The molecule has 9 heteroatoms. The van der Waals surface area contributed by atoms with Gasteiger partial charge in [0, 0.05) is 43.1 Å².